The molecule has 0 saturated carbocycles. The number of pyridine rings is 1. The van der Waals surface area contributed by atoms with Crippen LogP contribution in [0.3, 0.4) is 0 Å². The Morgan fingerprint density at radius 2 is 2.28 bits per heavy atom. The van der Waals surface area contributed by atoms with Gasteiger partial charge in [0.25, 0.3) is 0 Å². The number of fused-ring (bicyclic) bond motifs is 1. The minimum Gasteiger partial charge on any atom is -0.464 e. The second-order valence-corrected chi connectivity index (χ2v) is 4.28. The fourth-order valence-electron chi connectivity index (χ4n) is 1.90. The summed E-state index contributed by atoms with van der Waals surface area (Å²) in [5.41, 5.74) is 2.22. The monoisotopic (exact) mass is 247 g/mol. The summed E-state index contributed by atoms with van der Waals surface area (Å²) in [6.07, 6.45) is 1.92. The van der Waals surface area contributed by atoms with E-state index in [9.17, 15) is 4.79 Å². The second-order valence-electron chi connectivity index (χ2n) is 4.28. The average Bonchev–Trinajstić information content (AvgIpc) is 2.75. The number of hydrogen-bond donors (Lipinski definition) is 1. The summed E-state index contributed by atoms with van der Waals surface area (Å²) in [5.74, 6) is 0.389. The van der Waals surface area contributed by atoms with E-state index in [-0.39, 0.29) is 6.04 Å². The Balaban J connectivity index is 2.71. The molecule has 0 amide bonds. The van der Waals surface area contributed by atoms with Crippen LogP contribution in [0.1, 0.15) is 34.8 Å². The molecule has 2 rings (SSSR count). The molecule has 5 heteroatoms. The van der Waals surface area contributed by atoms with Gasteiger partial charge in [-0.2, -0.15) is 0 Å². The molecular formula is C13H17N3O2. The number of carbonyl (C=O) groups excluding carboxylic acids is 1. The molecule has 0 saturated heterocycles. The van der Waals surface area contributed by atoms with E-state index in [1.807, 2.05) is 43.6 Å². The molecule has 0 spiro atoms. The van der Waals surface area contributed by atoms with Gasteiger partial charge in [-0.05, 0) is 38.6 Å². The lowest BCUT2D eigenvalue weighted by Gasteiger charge is -2.08. The van der Waals surface area contributed by atoms with E-state index in [0.29, 0.717) is 5.69 Å². The van der Waals surface area contributed by atoms with Gasteiger partial charge in [0.15, 0.2) is 5.69 Å². The fraction of sp³-hybridized carbons (Fsp3) is 0.385. The van der Waals surface area contributed by atoms with Gasteiger partial charge in [-0.15, -0.1) is 0 Å². The van der Waals surface area contributed by atoms with E-state index in [1.165, 1.54) is 7.11 Å². The highest BCUT2D eigenvalue weighted by atomic mass is 16.5. The van der Waals surface area contributed by atoms with Crippen molar-refractivity contribution in [3.63, 3.8) is 0 Å². The van der Waals surface area contributed by atoms with Crippen LogP contribution < -0.4 is 5.32 Å². The van der Waals surface area contributed by atoms with Crippen LogP contribution in [0.15, 0.2) is 18.3 Å². The summed E-state index contributed by atoms with van der Waals surface area (Å²) in [7, 11) is 3.22. The molecule has 0 aliphatic heterocycles. The first-order chi connectivity index (χ1) is 8.58. The molecule has 1 N–H and O–H groups in total. The van der Waals surface area contributed by atoms with Crippen LogP contribution in [-0.4, -0.2) is 29.5 Å². The number of ether oxygens (including phenoxy) is 1. The van der Waals surface area contributed by atoms with Crippen molar-refractivity contribution < 1.29 is 9.53 Å². The standard InChI is InChI=1S/C13H17N3O2/c1-8-5-6-16-10(7-8)11(13(17)18-4)15-12(16)9(2)14-3/h5-7,9,14H,1-4H3. The summed E-state index contributed by atoms with van der Waals surface area (Å²) >= 11 is 0. The number of esters is 1. The molecule has 0 bridgehead atoms. The Bertz CT molecular complexity index is 589. The number of nitrogens with one attached hydrogen (secondary N) is 1. The third-order valence-electron chi connectivity index (χ3n) is 3.03. The molecule has 0 fully saturated rings. The number of imidazole rings is 1. The van der Waals surface area contributed by atoms with Crippen molar-refractivity contribution in [3.8, 4) is 0 Å². The molecule has 0 aromatic carbocycles. The maximum atomic E-state index is 11.7. The summed E-state index contributed by atoms with van der Waals surface area (Å²) in [6, 6.07) is 3.98. The molecule has 96 valence electrons. The lowest BCUT2D eigenvalue weighted by molar-refractivity contribution is 0.0596. The quantitative estimate of drug-likeness (QED) is 0.839. The van der Waals surface area contributed by atoms with Gasteiger partial charge in [-0.25, -0.2) is 9.78 Å². The van der Waals surface area contributed by atoms with E-state index in [2.05, 4.69) is 10.3 Å². The van der Waals surface area contributed by atoms with Crippen molar-refractivity contribution in [3.05, 3.63) is 35.4 Å². The molecule has 0 aliphatic carbocycles. The molecule has 2 aromatic rings. The third kappa shape index (κ3) is 1.97. The van der Waals surface area contributed by atoms with E-state index in [4.69, 9.17) is 4.74 Å². The van der Waals surface area contributed by atoms with Crippen molar-refractivity contribution in [2.75, 3.05) is 14.2 Å². The Hall–Kier alpha value is -1.88. The van der Waals surface area contributed by atoms with Crippen molar-refractivity contribution in [2.24, 2.45) is 0 Å². The predicted molar refractivity (Wildman–Crippen MR) is 68.7 cm³/mol. The molecule has 5 nitrogen and oxygen atoms in total. The summed E-state index contributed by atoms with van der Waals surface area (Å²) < 4.78 is 6.69. The molecule has 0 aliphatic rings. The van der Waals surface area contributed by atoms with Gasteiger partial charge in [-0.3, -0.25) is 0 Å². The van der Waals surface area contributed by atoms with Crippen molar-refractivity contribution >= 4 is 11.5 Å². The first-order valence-electron chi connectivity index (χ1n) is 5.82. The Morgan fingerprint density at radius 3 is 2.89 bits per heavy atom. The Kier molecular flexibility index (Phi) is 3.34. The van der Waals surface area contributed by atoms with Gasteiger partial charge in [0.2, 0.25) is 0 Å². The summed E-state index contributed by atoms with van der Waals surface area (Å²) in [4.78, 5) is 16.1. The fourth-order valence-corrected chi connectivity index (χ4v) is 1.90. The van der Waals surface area contributed by atoms with Gasteiger partial charge >= 0.3 is 5.97 Å². The van der Waals surface area contributed by atoms with E-state index in [0.717, 1.165) is 16.9 Å². The number of nitrogens with zero attached hydrogens (tertiary/aromatic N) is 2. The zero-order valence-electron chi connectivity index (χ0n) is 11.0. The molecule has 1 atom stereocenters. The molecule has 18 heavy (non-hydrogen) atoms. The van der Waals surface area contributed by atoms with Gasteiger partial charge in [0.1, 0.15) is 5.82 Å². The molecule has 0 radical (unpaired) electrons. The van der Waals surface area contributed by atoms with Crippen LogP contribution in [-0.2, 0) is 4.74 Å². The second kappa shape index (κ2) is 4.78. The minimum atomic E-state index is -0.410. The van der Waals surface area contributed by atoms with Gasteiger partial charge in [-0.1, -0.05) is 0 Å². The first kappa shape index (κ1) is 12.6. The maximum Gasteiger partial charge on any atom is 0.358 e. The van der Waals surface area contributed by atoms with Crippen LogP contribution in [0.4, 0.5) is 0 Å². The van der Waals surface area contributed by atoms with Gasteiger partial charge < -0.3 is 14.5 Å². The first-order valence-corrected chi connectivity index (χ1v) is 5.82. The average molecular weight is 247 g/mol. The molecule has 1 unspecified atom stereocenters. The topological polar surface area (TPSA) is 55.6 Å². The lowest BCUT2D eigenvalue weighted by Crippen LogP contribution is -2.15. The number of carbonyl (C=O) groups is 1. The van der Waals surface area contributed by atoms with Crippen LogP contribution >= 0.6 is 0 Å². The zero-order chi connectivity index (χ0) is 13.3. The SMILES string of the molecule is CNC(C)c1nc(C(=O)OC)c2cc(C)ccn12. The number of rotatable bonds is 3. The minimum absolute atomic E-state index is 0.0543. The van der Waals surface area contributed by atoms with Crippen LogP contribution in [0.25, 0.3) is 5.52 Å². The van der Waals surface area contributed by atoms with Gasteiger partial charge in [0, 0.05) is 6.20 Å². The number of hydrogen-bond acceptors (Lipinski definition) is 4. The van der Waals surface area contributed by atoms with E-state index in [1.54, 1.807) is 0 Å². The smallest absolute Gasteiger partial charge is 0.358 e. The molecular weight excluding hydrogens is 230 g/mol. The summed E-state index contributed by atoms with van der Waals surface area (Å²) in [6.45, 7) is 3.98. The van der Waals surface area contributed by atoms with Crippen molar-refractivity contribution in [2.45, 2.75) is 19.9 Å². The van der Waals surface area contributed by atoms with Crippen molar-refractivity contribution in [1.82, 2.24) is 14.7 Å². The predicted octanol–water partition coefficient (Wildman–Crippen LogP) is 1.71. The molecule has 2 heterocycles. The number of aromatic nitrogens is 2. The highest BCUT2D eigenvalue weighted by Crippen LogP contribution is 2.20. The highest BCUT2D eigenvalue weighted by molar-refractivity contribution is 5.95. The normalized spacial score (nSPS) is 12.7. The zero-order valence-corrected chi connectivity index (χ0v) is 11.0. The van der Waals surface area contributed by atoms with Crippen molar-refractivity contribution in [1.29, 1.82) is 0 Å². The third-order valence-corrected chi connectivity index (χ3v) is 3.03. The maximum absolute atomic E-state index is 11.7. The van der Waals surface area contributed by atoms with Crippen LogP contribution in [0.5, 0.6) is 0 Å². The molecule has 2 aromatic heterocycles. The highest BCUT2D eigenvalue weighted by Gasteiger charge is 2.20. The number of aryl methyl sites for hydroxylation is 1. The number of methoxy groups -OCH3 is 1. The van der Waals surface area contributed by atoms with E-state index >= 15 is 0 Å². The van der Waals surface area contributed by atoms with Crippen LogP contribution in [0, 0.1) is 6.92 Å². The van der Waals surface area contributed by atoms with E-state index < -0.39 is 5.97 Å². The largest absolute Gasteiger partial charge is 0.464 e. The van der Waals surface area contributed by atoms with Crippen LogP contribution in [0.2, 0.25) is 0 Å². The lowest BCUT2D eigenvalue weighted by atomic mass is 10.2. The van der Waals surface area contributed by atoms with Gasteiger partial charge in [0.05, 0.1) is 18.7 Å². The Morgan fingerprint density at radius 1 is 1.56 bits per heavy atom. The summed E-state index contributed by atoms with van der Waals surface area (Å²) in [5, 5.41) is 3.12. The Labute approximate surface area is 106 Å².